The number of nitrogens with zero attached hydrogens (tertiary/aromatic N) is 2. The van der Waals surface area contributed by atoms with E-state index in [1.54, 1.807) is 0 Å². The Hall–Kier alpha value is -8.20. The SMILES string of the molecule is c1ccc(-c2ccccc2N(c2ccc(-c3ccc(-n4c5ccccc5c5c6ccccc6ccc54)cc3)cc2)c2ccc(-c3cc4ccccc4c4ccccc34)cc2)cc1. The van der Waals surface area contributed by atoms with Gasteiger partial charge in [0.2, 0.25) is 0 Å². The minimum Gasteiger partial charge on any atom is -0.310 e. The first-order chi connectivity index (χ1) is 30.8. The number of anilines is 3. The monoisotopic (exact) mass is 788 g/mol. The zero-order valence-corrected chi connectivity index (χ0v) is 34.0. The molecule has 0 saturated heterocycles. The Labute approximate surface area is 360 Å². The first kappa shape index (κ1) is 35.7. The van der Waals surface area contributed by atoms with Crippen molar-refractivity contribution in [2.75, 3.05) is 4.90 Å². The van der Waals surface area contributed by atoms with E-state index in [0.29, 0.717) is 0 Å². The molecular formula is C60H40N2. The maximum atomic E-state index is 2.40. The molecule has 0 unspecified atom stereocenters. The largest absolute Gasteiger partial charge is 0.310 e. The summed E-state index contributed by atoms with van der Waals surface area (Å²) >= 11 is 0. The predicted octanol–water partition coefficient (Wildman–Crippen LogP) is 16.7. The number of aromatic nitrogens is 1. The maximum absolute atomic E-state index is 2.40. The topological polar surface area (TPSA) is 8.17 Å². The molecular weight excluding hydrogens is 749 g/mol. The van der Waals surface area contributed by atoms with E-state index in [1.807, 2.05) is 0 Å². The lowest BCUT2D eigenvalue weighted by Crippen LogP contribution is -2.11. The highest BCUT2D eigenvalue weighted by molar-refractivity contribution is 6.21. The Kier molecular flexibility index (Phi) is 8.53. The van der Waals surface area contributed by atoms with E-state index < -0.39 is 0 Å². The number of hydrogen-bond acceptors (Lipinski definition) is 1. The van der Waals surface area contributed by atoms with E-state index in [2.05, 4.69) is 252 Å². The Morgan fingerprint density at radius 2 is 0.823 bits per heavy atom. The highest BCUT2D eigenvalue weighted by atomic mass is 15.1. The molecule has 0 atom stereocenters. The van der Waals surface area contributed by atoms with Crippen molar-refractivity contribution in [3.8, 4) is 39.1 Å². The van der Waals surface area contributed by atoms with Gasteiger partial charge in [0.05, 0.1) is 16.7 Å². The molecule has 1 aromatic heterocycles. The van der Waals surface area contributed by atoms with Gasteiger partial charge in [-0.2, -0.15) is 0 Å². The van der Waals surface area contributed by atoms with Crippen molar-refractivity contribution in [2.24, 2.45) is 0 Å². The fourth-order valence-corrected chi connectivity index (χ4v) is 9.66. The highest BCUT2D eigenvalue weighted by Gasteiger charge is 2.19. The van der Waals surface area contributed by atoms with Crippen LogP contribution in [-0.4, -0.2) is 4.57 Å². The summed E-state index contributed by atoms with van der Waals surface area (Å²) in [6.07, 6.45) is 0. The minimum atomic E-state index is 1.09. The van der Waals surface area contributed by atoms with Gasteiger partial charge in [0.1, 0.15) is 0 Å². The molecule has 62 heavy (non-hydrogen) atoms. The normalized spacial score (nSPS) is 11.5. The lowest BCUT2D eigenvalue weighted by atomic mass is 9.93. The van der Waals surface area contributed by atoms with Gasteiger partial charge in [0.25, 0.3) is 0 Å². The van der Waals surface area contributed by atoms with Crippen LogP contribution in [0.25, 0.3) is 93.2 Å². The molecule has 11 aromatic carbocycles. The molecule has 2 heteroatoms. The second-order valence-electron chi connectivity index (χ2n) is 16.1. The summed E-state index contributed by atoms with van der Waals surface area (Å²) in [5.41, 5.74) is 14.0. The van der Waals surface area contributed by atoms with Crippen LogP contribution in [0.4, 0.5) is 17.1 Å². The van der Waals surface area contributed by atoms with Gasteiger partial charge in [-0.15, -0.1) is 0 Å². The number of para-hydroxylation sites is 2. The summed E-state index contributed by atoms with van der Waals surface area (Å²) in [6.45, 7) is 0. The van der Waals surface area contributed by atoms with Gasteiger partial charge in [-0.25, -0.2) is 0 Å². The summed E-state index contributed by atoms with van der Waals surface area (Å²) in [7, 11) is 0. The highest BCUT2D eigenvalue weighted by Crippen LogP contribution is 2.43. The molecule has 0 saturated carbocycles. The first-order valence-corrected chi connectivity index (χ1v) is 21.3. The average Bonchev–Trinajstić information content (AvgIpc) is 3.70. The van der Waals surface area contributed by atoms with Gasteiger partial charge in [-0.1, -0.05) is 182 Å². The van der Waals surface area contributed by atoms with Crippen LogP contribution in [0.15, 0.2) is 243 Å². The molecule has 0 fully saturated rings. The number of fused-ring (bicyclic) bond motifs is 8. The van der Waals surface area contributed by atoms with Crippen LogP contribution in [0.5, 0.6) is 0 Å². The molecule has 290 valence electrons. The van der Waals surface area contributed by atoms with Gasteiger partial charge in [-0.05, 0) is 121 Å². The number of hydrogen-bond donors (Lipinski definition) is 0. The minimum absolute atomic E-state index is 1.09. The fraction of sp³-hybridized carbons (Fsp3) is 0. The Balaban J connectivity index is 0.932. The van der Waals surface area contributed by atoms with Crippen molar-refractivity contribution in [2.45, 2.75) is 0 Å². The smallest absolute Gasteiger partial charge is 0.0547 e. The molecule has 0 radical (unpaired) electrons. The summed E-state index contributed by atoms with van der Waals surface area (Å²) in [4.78, 5) is 2.39. The molecule has 2 nitrogen and oxygen atoms in total. The molecule has 12 rings (SSSR count). The molecule has 0 aliphatic rings. The average molecular weight is 789 g/mol. The van der Waals surface area contributed by atoms with Crippen molar-refractivity contribution in [3.05, 3.63) is 243 Å². The van der Waals surface area contributed by atoms with E-state index in [9.17, 15) is 0 Å². The summed E-state index contributed by atoms with van der Waals surface area (Å²) in [5, 5.41) is 10.2. The molecule has 0 bridgehead atoms. The maximum Gasteiger partial charge on any atom is 0.0547 e. The van der Waals surface area contributed by atoms with E-state index >= 15 is 0 Å². The van der Waals surface area contributed by atoms with E-state index in [4.69, 9.17) is 0 Å². The summed E-state index contributed by atoms with van der Waals surface area (Å²) in [6, 6.07) is 88.3. The number of benzene rings is 11. The Bertz CT molecular complexity index is 3600. The summed E-state index contributed by atoms with van der Waals surface area (Å²) in [5.74, 6) is 0. The van der Waals surface area contributed by atoms with Crippen molar-refractivity contribution in [3.63, 3.8) is 0 Å². The van der Waals surface area contributed by atoms with Crippen LogP contribution in [0, 0.1) is 0 Å². The molecule has 0 spiro atoms. The van der Waals surface area contributed by atoms with Crippen LogP contribution in [0.3, 0.4) is 0 Å². The van der Waals surface area contributed by atoms with Crippen LogP contribution in [0.1, 0.15) is 0 Å². The summed E-state index contributed by atoms with van der Waals surface area (Å²) < 4.78 is 2.40. The van der Waals surface area contributed by atoms with Crippen LogP contribution < -0.4 is 4.90 Å². The van der Waals surface area contributed by atoms with E-state index in [1.165, 1.54) is 87.5 Å². The van der Waals surface area contributed by atoms with E-state index in [-0.39, 0.29) is 0 Å². The number of rotatable bonds is 7. The molecule has 0 amide bonds. The predicted molar refractivity (Wildman–Crippen MR) is 264 cm³/mol. The fourth-order valence-electron chi connectivity index (χ4n) is 9.66. The molecule has 0 aliphatic heterocycles. The third-order valence-electron chi connectivity index (χ3n) is 12.6. The molecule has 12 aromatic rings. The van der Waals surface area contributed by atoms with Gasteiger partial charge >= 0.3 is 0 Å². The quantitative estimate of drug-likeness (QED) is 0.146. The van der Waals surface area contributed by atoms with Crippen molar-refractivity contribution in [1.29, 1.82) is 0 Å². The van der Waals surface area contributed by atoms with Crippen LogP contribution >= 0.6 is 0 Å². The lowest BCUT2D eigenvalue weighted by Gasteiger charge is -2.28. The van der Waals surface area contributed by atoms with Gasteiger partial charge in [-0.3, -0.25) is 0 Å². The van der Waals surface area contributed by atoms with Gasteiger partial charge in [0, 0.05) is 33.4 Å². The lowest BCUT2D eigenvalue weighted by molar-refractivity contribution is 1.18. The zero-order valence-electron chi connectivity index (χ0n) is 34.0. The van der Waals surface area contributed by atoms with E-state index in [0.717, 1.165) is 22.7 Å². The van der Waals surface area contributed by atoms with Crippen molar-refractivity contribution in [1.82, 2.24) is 4.57 Å². The van der Waals surface area contributed by atoms with Crippen molar-refractivity contribution < 1.29 is 0 Å². The second kappa shape index (κ2) is 14.8. The second-order valence-corrected chi connectivity index (χ2v) is 16.1. The van der Waals surface area contributed by atoms with Crippen LogP contribution in [0.2, 0.25) is 0 Å². The van der Waals surface area contributed by atoms with Crippen molar-refractivity contribution >= 4 is 71.2 Å². The Morgan fingerprint density at radius 3 is 1.56 bits per heavy atom. The first-order valence-electron chi connectivity index (χ1n) is 21.3. The third-order valence-corrected chi connectivity index (χ3v) is 12.6. The third kappa shape index (κ3) is 5.96. The van der Waals surface area contributed by atoms with Crippen LogP contribution in [-0.2, 0) is 0 Å². The Morgan fingerprint density at radius 1 is 0.290 bits per heavy atom. The molecule has 0 aliphatic carbocycles. The van der Waals surface area contributed by atoms with Gasteiger partial charge in [0.15, 0.2) is 0 Å². The van der Waals surface area contributed by atoms with Gasteiger partial charge < -0.3 is 9.47 Å². The zero-order chi connectivity index (χ0) is 41.0. The standard InChI is InChI=1S/C60H40N2/c1-2-14-43(15-3-1)51-19-10-12-24-57(51)61(48-37-30-45(31-38-48)56-40-46-17-5-6-18-50(46)53-21-8-9-22-54(53)56)47-33-26-41(27-34-47)42-28-35-49(36-29-42)62-58-25-13-11-23-55(58)60-52-20-7-4-16-44(52)32-39-59(60)62/h1-40H. The molecule has 1 heterocycles. The molecule has 0 N–H and O–H groups in total.